The largest absolute Gasteiger partial charge is 0.479 e. The number of hydrogen-bond acceptors (Lipinski definition) is 4. The molecule has 1 fully saturated rings. The smallest absolute Gasteiger partial charge is 0.441 e. The predicted molar refractivity (Wildman–Crippen MR) is 60.9 cm³/mol. The van der Waals surface area contributed by atoms with Gasteiger partial charge in [-0.3, -0.25) is 0 Å². The van der Waals surface area contributed by atoms with E-state index in [9.17, 15) is 22.8 Å². The Hall–Kier alpha value is -1.16. The average molecular weight is 302 g/mol. The van der Waals surface area contributed by atoms with Gasteiger partial charge in [0.25, 0.3) is 0 Å². The first-order valence-electron chi connectivity index (χ1n) is 5.37. The molecule has 0 bridgehead atoms. The van der Waals surface area contributed by atoms with Gasteiger partial charge in [0.15, 0.2) is 6.10 Å². The lowest BCUT2D eigenvalue weighted by Gasteiger charge is -2.30. The van der Waals surface area contributed by atoms with E-state index in [1.165, 1.54) is 4.90 Å². The Morgan fingerprint density at radius 2 is 2.16 bits per heavy atom. The molecule has 110 valence electrons. The first-order valence-corrected chi connectivity index (χ1v) is 6.36. The number of ether oxygens (including phenoxy) is 1. The molecule has 1 heterocycles. The highest BCUT2D eigenvalue weighted by Crippen LogP contribution is 2.29. The van der Waals surface area contributed by atoms with Gasteiger partial charge in [0, 0.05) is 18.8 Å². The number of amides is 2. The fourth-order valence-corrected chi connectivity index (χ4v) is 1.86. The molecule has 0 spiro atoms. The highest BCUT2D eigenvalue weighted by Gasteiger charge is 2.30. The van der Waals surface area contributed by atoms with E-state index < -0.39 is 23.6 Å². The van der Waals surface area contributed by atoms with E-state index in [1.54, 1.807) is 0 Å². The molecule has 0 aliphatic carbocycles. The molecule has 0 radical (unpaired) electrons. The number of nitrogens with one attached hydrogen (secondary N) is 1. The van der Waals surface area contributed by atoms with Crippen molar-refractivity contribution in [1.82, 2.24) is 10.2 Å². The predicted octanol–water partition coefficient (Wildman–Crippen LogP) is 0.734. The summed E-state index contributed by atoms with van der Waals surface area (Å²) in [5.74, 6) is -1.47. The number of aliphatic carboxylic acids is 1. The minimum atomic E-state index is -4.32. The Balaban J connectivity index is 2.27. The van der Waals surface area contributed by atoms with E-state index in [2.05, 4.69) is 5.32 Å². The molecular weight excluding hydrogens is 289 g/mol. The number of carboxylic acids is 1. The van der Waals surface area contributed by atoms with Crippen molar-refractivity contribution in [2.45, 2.75) is 11.6 Å². The molecule has 1 aliphatic rings. The van der Waals surface area contributed by atoms with Crippen molar-refractivity contribution in [3.05, 3.63) is 0 Å². The van der Waals surface area contributed by atoms with Crippen LogP contribution in [0.25, 0.3) is 0 Å². The van der Waals surface area contributed by atoms with Gasteiger partial charge < -0.3 is 20.1 Å². The minimum Gasteiger partial charge on any atom is -0.479 e. The van der Waals surface area contributed by atoms with Crippen molar-refractivity contribution in [3.8, 4) is 0 Å². The molecule has 1 atom stereocenters. The second kappa shape index (κ2) is 6.85. The lowest BCUT2D eigenvalue weighted by Crippen LogP contribution is -2.52. The van der Waals surface area contributed by atoms with E-state index in [0.717, 1.165) is 0 Å². The Kier molecular flexibility index (Phi) is 5.73. The Morgan fingerprint density at radius 3 is 2.74 bits per heavy atom. The summed E-state index contributed by atoms with van der Waals surface area (Å²) in [6.07, 6.45) is -1.09. The molecule has 19 heavy (non-hydrogen) atoms. The van der Waals surface area contributed by atoms with Crippen LogP contribution >= 0.6 is 11.8 Å². The van der Waals surface area contributed by atoms with Crippen LogP contribution in [0.4, 0.5) is 18.0 Å². The molecule has 1 rings (SSSR count). The van der Waals surface area contributed by atoms with Crippen molar-refractivity contribution in [3.63, 3.8) is 0 Å². The summed E-state index contributed by atoms with van der Waals surface area (Å²) < 4.78 is 40.4. The van der Waals surface area contributed by atoms with Gasteiger partial charge in [0.2, 0.25) is 0 Å². The molecule has 0 aromatic rings. The molecule has 2 N–H and O–H groups in total. The number of halogens is 3. The van der Waals surface area contributed by atoms with Crippen molar-refractivity contribution in [1.29, 1.82) is 0 Å². The molecule has 0 aromatic carbocycles. The number of urea groups is 1. The fraction of sp³-hybridized carbons (Fsp3) is 0.778. The molecule has 6 nitrogen and oxygen atoms in total. The summed E-state index contributed by atoms with van der Waals surface area (Å²) in [7, 11) is 0. The monoisotopic (exact) mass is 302 g/mol. The van der Waals surface area contributed by atoms with Crippen LogP contribution in [0.15, 0.2) is 0 Å². The number of alkyl halides is 3. The molecule has 0 saturated carbocycles. The van der Waals surface area contributed by atoms with Crippen LogP contribution in [-0.2, 0) is 9.53 Å². The van der Waals surface area contributed by atoms with E-state index in [-0.39, 0.29) is 43.8 Å². The van der Waals surface area contributed by atoms with Gasteiger partial charge in [-0.25, -0.2) is 9.59 Å². The summed E-state index contributed by atoms with van der Waals surface area (Å²) in [6.45, 7) is 0.0371. The maximum atomic E-state index is 11.8. The van der Waals surface area contributed by atoms with Crippen LogP contribution in [0.1, 0.15) is 0 Å². The van der Waals surface area contributed by atoms with Crippen LogP contribution < -0.4 is 5.32 Å². The number of hydrogen-bond donors (Lipinski definition) is 2. The van der Waals surface area contributed by atoms with Gasteiger partial charge >= 0.3 is 17.5 Å². The topological polar surface area (TPSA) is 78.9 Å². The number of carbonyl (C=O) groups excluding carboxylic acids is 1. The fourth-order valence-electron chi connectivity index (χ4n) is 1.42. The van der Waals surface area contributed by atoms with Gasteiger partial charge in [-0.1, -0.05) is 0 Å². The Morgan fingerprint density at radius 1 is 1.47 bits per heavy atom. The van der Waals surface area contributed by atoms with E-state index in [0.29, 0.717) is 0 Å². The third-order valence-corrected chi connectivity index (χ3v) is 3.01. The van der Waals surface area contributed by atoms with Crippen LogP contribution in [0.2, 0.25) is 0 Å². The second-order valence-corrected chi connectivity index (χ2v) is 4.83. The minimum absolute atomic E-state index is 0.0850. The zero-order valence-electron chi connectivity index (χ0n) is 9.77. The number of rotatable bonds is 4. The third kappa shape index (κ3) is 6.01. The van der Waals surface area contributed by atoms with Gasteiger partial charge in [0.1, 0.15) is 0 Å². The van der Waals surface area contributed by atoms with Crippen molar-refractivity contribution >= 4 is 23.8 Å². The third-order valence-electron chi connectivity index (χ3n) is 2.27. The quantitative estimate of drug-likeness (QED) is 0.749. The van der Waals surface area contributed by atoms with Crippen LogP contribution in [-0.4, -0.2) is 65.6 Å². The van der Waals surface area contributed by atoms with Gasteiger partial charge in [-0.05, 0) is 11.8 Å². The van der Waals surface area contributed by atoms with E-state index in [1.807, 2.05) is 0 Å². The number of thioether (sulfide) groups is 1. The van der Waals surface area contributed by atoms with E-state index in [4.69, 9.17) is 9.84 Å². The average Bonchev–Trinajstić information content (AvgIpc) is 2.33. The summed E-state index contributed by atoms with van der Waals surface area (Å²) >= 11 is -0.224. The van der Waals surface area contributed by atoms with Gasteiger partial charge in [0.05, 0.1) is 13.2 Å². The molecule has 1 unspecified atom stereocenters. The SMILES string of the molecule is O=C(O)C1CN(C(=O)NCCSC(F)(F)F)CCO1. The molecular formula is C9H13F3N2O4S. The summed E-state index contributed by atoms with van der Waals surface area (Å²) in [5.41, 5.74) is -4.32. The molecule has 2 amide bonds. The number of nitrogens with zero attached hydrogens (tertiary/aromatic N) is 1. The van der Waals surface area contributed by atoms with Crippen LogP contribution in [0.3, 0.4) is 0 Å². The number of carbonyl (C=O) groups is 2. The summed E-state index contributed by atoms with van der Waals surface area (Å²) in [5, 5.41) is 11.0. The zero-order chi connectivity index (χ0) is 14.5. The standard InChI is InChI=1S/C9H13F3N2O4S/c10-9(11,12)19-4-1-13-8(17)14-2-3-18-6(5-14)7(15)16/h6H,1-5H2,(H,13,17)(H,15,16). The van der Waals surface area contributed by atoms with Gasteiger partial charge in [-0.2, -0.15) is 13.2 Å². The number of carboxylic acid groups (broad SMARTS) is 1. The first kappa shape index (κ1) is 15.9. The normalized spacial score (nSPS) is 20.2. The highest BCUT2D eigenvalue weighted by atomic mass is 32.2. The van der Waals surface area contributed by atoms with Crippen molar-refractivity contribution in [2.75, 3.05) is 32.0 Å². The Labute approximate surface area is 111 Å². The maximum absolute atomic E-state index is 11.8. The summed E-state index contributed by atoms with van der Waals surface area (Å²) in [4.78, 5) is 23.5. The van der Waals surface area contributed by atoms with Crippen molar-refractivity contribution in [2.24, 2.45) is 0 Å². The van der Waals surface area contributed by atoms with E-state index >= 15 is 0 Å². The second-order valence-electron chi connectivity index (χ2n) is 3.67. The maximum Gasteiger partial charge on any atom is 0.441 e. The van der Waals surface area contributed by atoms with Gasteiger partial charge in [-0.15, -0.1) is 0 Å². The lowest BCUT2D eigenvalue weighted by molar-refractivity contribution is -0.154. The molecule has 1 aliphatic heterocycles. The summed E-state index contributed by atoms with van der Waals surface area (Å²) in [6, 6.07) is -0.586. The Bertz CT molecular complexity index is 340. The number of morpholine rings is 1. The van der Waals surface area contributed by atoms with Crippen LogP contribution in [0, 0.1) is 0 Å². The van der Waals surface area contributed by atoms with Crippen molar-refractivity contribution < 1.29 is 32.6 Å². The zero-order valence-corrected chi connectivity index (χ0v) is 10.6. The lowest BCUT2D eigenvalue weighted by atomic mass is 10.3. The van der Waals surface area contributed by atoms with Crippen LogP contribution in [0.5, 0.6) is 0 Å². The molecule has 0 aromatic heterocycles. The molecule has 1 saturated heterocycles. The first-order chi connectivity index (χ1) is 8.79. The highest BCUT2D eigenvalue weighted by molar-refractivity contribution is 8.00. The molecule has 10 heteroatoms.